The maximum absolute atomic E-state index is 13.0. The summed E-state index contributed by atoms with van der Waals surface area (Å²) in [7, 11) is 0. The Morgan fingerprint density at radius 3 is 2.14 bits per heavy atom. The molecule has 0 N–H and O–H groups in total. The Hall–Kier alpha value is -2.47. The van der Waals surface area contributed by atoms with Gasteiger partial charge in [-0.3, -0.25) is 19.3 Å². The first kappa shape index (κ1) is 19.8. The first-order valence-electron chi connectivity index (χ1n) is 9.80. The van der Waals surface area contributed by atoms with Gasteiger partial charge < -0.3 is 4.74 Å². The van der Waals surface area contributed by atoms with Gasteiger partial charge in [0.25, 0.3) is 0 Å². The number of Topliss-reactive ketones (excluding diaryl/α,β-unsaturated/α-hetero) is 1. The van der Waals surface area contributed by atoms with E-state index in [9.17, 15) is 19.2 Å². The second-order valence-electron chi connectivity index (χ2n) is 8.27. The molecule has 1 saturated carbocycles. The number of ketones is 1. The fourth-order valence-corrected chi connectivity index (χ4v) is 4.94. The first-order chi connectivity index (χ1) is 13.8. The van der Waals surface area contributed by atoms with E-state index in [4.69, 9.17) is 16.3 Å². The molecular weight excluding hydrogens is 394 g/mol. The molecule has 1 aromatic carbocycles. The highest BCUT2D eigenvalue weighted by atomic mass is 35.5. The van der Waals surface area contributed by atoms with Gasteiger partial charge in [0.15, 0.2) is 12.4 Å². The van der Waals surface area contributed by atoms with E-state index in [1.54, 1.807) is 38.1 Å². The van der Waals surface area contributed by atoms with Crippen LogP contribution in [0.15, 0.2) is 36.4 Å². The predicted octanol–water partition coefficient (Wildman–Crippen LogP) is 2.90. The number of ether oxygens (including phenoxy) is 1. The molecule has 0 radical (unpaired) electrons. The molecule has 4 rings (SSSR count). The van der Waals surface area contributed by atoms with Crippen LogP contribution in [0.1, 0.15) is 30.6 Å². The number of imide groups is 1. The summed E-state index contributed by atoms with van der Waals surface area (Å²) in [4.78, 5) is 52.2. The van der Waals surface area contributed by atoms with Crippen LogP contribution in [0.4, 0.5) is 0 Å². The maximum Gasteiger partial charge on any atom is 0.330 e. The lowest BCUT2D eigenvalue weighted by Crippen LogP contribution is -2.50. The van der Waals surface area contributed by atoms with Gasteiger partial charge in [-0.25, -0.2) is 4.79 Å². The summed E-state index contributed by atoms with van der Waals surface area (Å²) in [6, 6.07) is 5.23. The number of fused-ring (bicyclic) bond motifs is 5. The van der Waals surface area contributed by atoms with Crippen LogP contribution >= 0.6 is 11.6 Å². The highest BCUT2D eigenvalue weighted by Crippen LogP contribution is 2.53. The maximum atomic E-state index is 13.0. The van der Waals surface area contributed by atoms with E-state index in [1.807, 2.05) is 12.2 Å². The number of hydrogen-bond donors (Lipinski definition) is 0. The number of halogens is 1. The highest BCUT2D eigenvalue weighted by Gasteiger charge is 2.61. The zero-order chi connectivity index (χ0) is 20.9. The number of allylic oxidation sites excluding steroid dienone is 2. The summed E-state index contributed by atoms with van der Waals surface area (Å²) < 4.78 is 5.23. The van der Waals surface area contributed by atoms with Crippen molar-refractivity contribution in [2.45, 2.75) is 26.3 Å². The number of benzene rings is 1. The lowest BCUT2D eigenvalue weighted by molar-refractivity contribution is -0.160. The molecule has 0 unspecified atom stereocenters. The molecule has 2 bridgehead atoms. The average Bonchev–Trinajstić information content (AvgIpc) is 3.36. The lowest BCUT2D eigenvalue weighted by Gasteiger charge is -2.28. The van der Waals surface area contributed by atoms with Gasteiger partial charge in [0.1, 0.15) is 6.04 Å². The molecule has 2 fully saturated rings. The standard InChI is InChI=1S/C22H22ClNO5/c1-11(2)19(22(28)29-10-16(25)12-5-7-15(23)8-6-12)24-20(26)17-13-3-4-14(9-13)18(17)21(24)27/h3-8,11,13-14,17-19H,9-10H2,1-2H3/t13-,14-,17-,18-,19+/m0/s1. The molecular formula is C22H22ClNO5. The van der Waals surface area contributed by atoms with Gasteiger partial charge in [-0.2, -0.15) is 0 Å². The van der Waals surface area contributed by atoms with E-state index in [0.29, 0.717) is 10.6 Å². The SMILES string of the molecule is CC(C)[C@H](C(=O)OCC(=O)c1ccc(Cl)cc1)N1C(=O)[C@@H]2[C@@H](C1=O)[C@H]1C=C[C@H]2C1. The average molecular weight is 416 g/mol. The predicted molar refractivity (Wildman–Crippen MR) is 105 cm³/mol. The number of amides is 2. The summed E-state index contributed by atoms with van der Waals surface area (Å²) in [6.45, 7) is 3.06. The van der Waals surface area contributed by atoms with Crippen LogP contribution in [0, 0.1) is 29.6 Å². The third-order valence-corrected chi connectivity index (χ3v) is 6.42. The number of carbonyl (C=O) groups excluding carboxylic acids is 4. The third kappa shape index (κ3) is 3.29. The minimum Gasteiger partial charge on any atom is -0.456 e. The molecule has 29 heavy (non-hydrogen) atoms. The van der Waals surface area contributed by atoms with Crippen molar-refractivity contribution in [3.63, 3.8) is 0 Å². The number of likely N-dealkylation sites (tertiary alicyclic amines) is 1. The Bertz CT molecular complexity index is 876. The molecule has 7 heteroatoms. The van der Waals surface area contributed by atoms with Crippen LogP contribution in [0.3, 0.4) is 0 Å². The number of hydrogen-bond acceptors (Lipinski definition) is 5. The van der Waals surface area contributed by atoms with Crippen LogP contribution in [-0.2, 0) is 19.1 Å². The zero-order valence-corrected chi connectivity index (χ0v) is 17.0. The molecule has 1 aromatic rings. The van der Waals surface area contributed by atoms with Crippen LogP contribution in [0.25, 0.3) is 0 Å². The molecule has 1 aliphatic heterocycles. The molecule has 6 nitrogen and oxygen atoms in total. The Labute approximate surface area is 173 Å². The van der Waals surface area contributed by atoms with E-state index in [1.165, 1.54) is 0 Å². The van der Waals surface area contributed by atoms with Crippen molar-refractivity contribution in [2.24, 2.45) is 29.6 Å². The molecule has 1 saturated heterocycles. The summed E-state index contributed by atoms with van der Waals surface area (Å²) in [6.07, 6.45) is 4.84. The molecule has 152 valence electrons. The van der Waals surface area contributed by atoms with E-state index >= 15 is 0 Å². The lowest BCUT2D eigenvalue weighted by atomic mass is 9.85. The summed E-state index contributed by atoms with van der Waals surface area (Å²) in [5, 5.41) is 0.499. The topological polar surface area (TPSA) is 80.8 Å². The fourth-order valence-electron chi connectivity index (χ4n) is 4.82. The summed E-state index contributed by atoms with van der Waals surface area (Å²) in [5.41, 5.74) is 0.369. The van der Waals surface area contributed by atoms with Gasteiger partial charge in [0, 0.05) is 10.6 Å². The van der Waals surface area contributed by atoms with Crippen molar-refractivity contribution >= 4 is 35.2 Å². The number of nitrogens with zero attached hydrogens (tertiary/aromatic N) is 1. The fraction of sp³-hybridized carbons (Fsp3) is 0.455. The van der Waals surface area contributed by atoms with Crippen molar-refractivity contribution in [1.29, 1.82) is 0 Å². The van der Waals surface area contributed by atoms with Gasteiger partial charge in [0.05, 0.1) is 11.8 Å². The molecule has 1 heterocycles. The second kappa shape index (κ2) is 7.41. The van der Waals surface area contributed by atoms with Crippen LogP contribution in [-0.4, -0.2) is 41.1 Å². The second-order valence-corrected chi connectivity index (χ2v) is 8.71. The Kier molecular flexibility index (Phi) is 5.07. The van der Waals surface area contributed by atoms with Gasteiger partial charge in [-0.1, -0.05) is 37.6 Å². The monoisotopic (exact) mass is 415 g/mol. The smallest absolute Gasteiger partial charge is 0.330 e. The largest absolute Gasteiger partial charge is 0.456 e. The summed E-state index contributed by atoms with van der Waals surface area (Å²) >= 11 is 5.81. The molecule has 2 amide bonds. The highest BCUT2D eigenvalue weighted by molar-refractivity contribution is 6.30. The van der Waals surface area contributed by atoms with Crippen molar-refractivity contribution in [1.82, 2.24) is 4.90 Å². The van der Waals surface area contributed by atoms with Gasteiger partial charge in [-0.05, 0) is 48.4 Å². The third-order valence-electron chi connectivity index (χ3n) is 6.17. The number of esters is 1. The first-order valence-corrected chi connectivity index (χ1v) is 10.2. The Balaban J connectivity index is 1.47. The Morgan fingerprint density at radius 1 is 1.07 bits per heavy atom. The normalized spacial score (nSPS) is 28.2. The van der Waals surface area contributed by atoms with Crippen molar-refractivity contribution in [2.75, 3.05) is 6.61 Å². The van der Waals surface area contributed by atoms with Gasteiger partial charge in [-0.15, -0.1) is 0 Å². The quantitative estimate of drug-likeness (QED) is 0.309. The van der Waals surface area contributed by atoms with Crippen LogP contribution < -0.4 is 0 Å². The van der Waals surface area contributed by atoms with E-state index in [2.05, 4.69) is 0 Å². The minimum absolute atomic E-state index is 0.0711. The van der Waals surface area contributed by atoms with Crippen LogP contribution in [0.2, 0.25) is 5.02 Å². The van der Waals surface area contributed by atoms with Crippen LogP contribution in [0.5, 0.6) is 0 Å². The van der Waals surface area contributed by atoms with E-state index in [0.717, 1.165) is 11.3 Å². The van der Waals surface area contributed by atoms with Gasteiger partial charge >= 0.3 is 5.97 Å². The van der Waals surface area contributed by atoms with Crippen molar-refractivity contribution in [3.8, 4) is 0 Å². The van der Waals surface area contributed by atoms with E-state index in [-0.39, 0.29) is 47.2 Å². The van der Waals surface area contributed by atoms with E-state index < -0.39 is 18.6 Å². The molecule has 0 spiro atoms. The summed E-state index contributed by atoms with van der Waals surface area (Å²) in [5.74, 6) is -2.63. The van der Waals surface area contributed by atoms with Crippen molar-refractivity contribution < 1.29 is 23.9 Å². The minimum atomic E-state index is -1.03. The number of carbonyl (C=O) groups is 4. The molecule has 2 aliphatic carbocycles. The molecule has 3 aliphatic rings. The van der Waals surface area contributed by atoms with Crippen molar-refractivity contribution in [3.05, 3.63) is 47.0 Å². The molecule has 0 aromatic heterocycles. The zero-order valence-electron chi connectivity index (χ0n) is 16.2. The van der Waals surface area contributed by atoms with Gasteiger partial charge in [0.2, 0.25) is 11.8 Å². The number of rotatable bonds is 6. The molecule has 5 atom stereocenters. The Morgan fingerprint density at radius 2 is 1.62 bits per heavy atom.